The van der Waals surface area contributed by atoms with Gasteiger partial charge < -0.3 is 24.8 Å². The highest BCUT2D eigenvalue weighted by Gasteiger charge is 2.07. The molecule has 0 saturated heterocycles. The molecule has 0 saturated carbocycles. The van der Waals surface area contributed by atoms with Crippen molar-refractivity contribution in [3.05, 3.63) is 18.2 Å². The predicted octanol–water partition coefficient (Wildman–Crippen LogP) is 4.45. The Hall–Kier alpha value is -1.95. The predicted molar refractivity (Wildman–Crippen MR) is 105 cm³/mol. The second-order valence-corrected chi connectivity index (χ2v) is 6.33. The third kappa shape index (κ3) is 8.94. The number of hydrogen-bond donors (Lipinski definition) is 2. The van der Waals surface area contributed by atoms with Crippen molar-refractivity contribution in [2.24, 2.45) is 5.92 Å². The fraction of sp³-hybridized carbons (Fsp3) is 0.650. The molecule has 1 rings (SSSR count). The Morgan fingerprint density at radius 2 is 1.77 bits per heavy atom. The van der Waals surface area contributed by atoms with Gasteiger partial charge >= 0.3 is 6.03 Å². The zero-order chi connectivity index (χ0) is 19.2. The minimum atomic E-state index is -0.255. The number of urea groups is 1. The first-order valence-corrected chi connectivity index (χ1v) is 9.48. The standard InChI is InChI=1S/C20H34N2O4/c1-5-7-9-16(6-2)15-26-11-8-10-21-20(23)22-17-12-18(24-3)14-19(13-17)25-4/h12-14,16H,5-11,15H2,1-4H3,(H2,21,22,23). The molecule has 0 heterocycles. The molecule has 0 radical (unpaired) electrons. The molecule has 0 aliphatic heterocycles. The molecule has 26 heavy (non-hydrogen) atoms. The highest BCUT2D eigenvalue weighted by molar-refractivity contribution is 5.89. The maximum atomic E-state index is 12.0. The summed E-state index contributed by atoms with van der Waals surface area (Å²) in [5.41, 5.74) is 0.622. The topological polar surface area (TPSA) is 68.8 Å². The van der Waals surface area contributed by atoms with Crippen LogP contribution in [0.4, 0.5) is 10.5 Å². The fourth-order valence-corrected chi connectivity index (χ4v) is 2.58. The van der Waals surface area contributed by atoms with Crippen LogP contribution in [0.1, 0.15) is 46.0 Å². The number of ether oxygens (including phenoxy) is 3. The number of carbonyl (C=O) groups excluding carboxylic acids is 1. The Balaban J connectivity index is 2.22. The summed E-state index contributed by atoms with van der Waals surface area (Å²) in [6, 6.07) is 4.98. The van der Waals surface area contributed by atoms with Gasteiger partial charge in [-0.1, -0.05) is 33.1 Å². The van der Waals surface area contributed by atoms with E-state index in [0.717, 1.165) is 19.4 Å². The zero-order valence-corrected chi connectivity index (χ0v) is 16.6. The smallest absolute Gasteiger partial charge is 0.319 e. The van der Waals surface area contributed by atoms with Crippen molar-refractivity contribution in [2.75, 3.05) is 39.3 Å². The Labute approximate surface area is 157 Å². The van der Waals surface area contributed by atoms with Crippen LogP contribution in [-0.4, -0.2) is 40.0 Å². The number of nitrogens with one attached hydrogen (secondary N) is 2. The van der Waals surface area contributed by atoms with Crippen molar-refractivity contribution in [3.63, 3.8) is 0 Å². The van der Waals surface area contributed by atoms with Crippen molar-refractivity contribution in [1.29, 1.82) is 0 Å². The number of methoxy groups -OCH3 is 2. The molecule has 0 aliphatic rings. The summed E-state index contributed by atoms with van der Waals surface area (Å²) in [6.07, 6.45) is 5.68. The van der Waals surface area contributed by atoms with Crippen molar-refractivity contribution in [3.8, 4) is 11.5 Å². The minimum absolute atomic E-state index is 0.255. The molecule has 0 aliphatic carbocycles. The van der Waals surface area contributed by atoms with Gasteiger partial charge in [0.25, 0.3) is 0 Å². The van der Waals surface area contributed by atoms with Crippen LogP contribution < -0.4 is 20.1 Å². The lowest BCUT2D eigenvalue weighted by Gasteiger charge is -2.14. The van der Waals surface area contributed by atoms with Crippen LogP contribution in [0.2, 0.25) is 0 Å². The molecule has 1 unspecified atom stereocenters. The van der Waals surface area contributed by atoms with E-state index >= 15 is 0 Å². The summed E-state index contributed by atoms with van der Waals surface area (Å²) >= 11 is 0. The summed E-state index contributed by atoms with van der Waals surface area (Å²) in [5, 5.41) is 5.61. The van der Waals surface area contributed by atoms with Crippen LogP contribution in [0.15, 0.2) is 18.2 Å². The number of unbranched alkanes of at least 4 members (excludes halogenated alkanes) is 1. The molecular formula is C20H34N2O4. The molecule has 1 atom stereocenters. The maximum absolute atomic E-state index is 12.0. The van der Waals surface area contributed by atoms with Gasteiger partial charge in [-0.2, -0.15) is 0 Å². The van der Waals surface area contributed by atoms with Crippen LogP contribution in [0.5, 0.6) is 11.5 Å². The maximum Gasteiger partial charge on any atom is 0.319 e. The SMILES string of the molecule is CCCCC(CC)COCCCNC(=O)Nc1cc(OC)cc(OC)c1. The van der Waals surface area contributed by atoms with Gasteiger partial charge in [0.2, 0.25) is 0 Å². The van der Waals surface area contributed by atoms with E-state index in [1.807, 2.05) is 0 Å². The summed E-state index contributed by atoms with van der Waals surface area (Å²) < 4.78 is 16.1. The van der Waals surface area contributed by atoms with Gasteiger partial charge in [-0.15, -0.1) is 0 Å². The van der Waals surface area contributed by atoms with Gasteiger partial charge in [0.15, 0.2) is 0 Å². The summed E-state index contributed by atoms with van der Waals surface area (Å²) in [7, 11) is 3.15. The second kappa shape index (κ2) is 13.3. The van der Waals surface area contributed by atoms with Crippen LogP contribution in [0.3, 0.4) is 0 Å². The van der Waals surface area contributed by atoms with Gasteiger partial charge in [0, 0.05) is 43.6 Å². The van der Waals surface area contributed by atoms with E-state index in [1.165, 1.54) is 19.3 Å². The molecular weight excluding hydrogens is 332 g/mol. The molecule has 0 bridgehead atoms. The Bertz CT molecular complexity index is 500. The summed E-state index contributed by atoms with van der Waals surface area (Å²) in [5.74, 6) is 1.90. The van der Waals surface area contributed by atoms with E-state index in [9.17, 15) is 4.79 Å². The van der Waals surface area contributed by atoms with Crippen molar-refractivity contribution in [2.45, 2.75) is 46.0 Å². The van der Waals surface area contributed by atoms with E-state index in [4.69, 9.17) is 14.2 Å². The van der Waals surface area contributed by atoms with Gasteiger partial charge in [0.05, 0.1) is 14.2 Å². The lowest BCUT2D eigenvalue weighted by molar-refractivity contribution is 0.0925. The monoisotopic (exact) mass is 366 g/mol. The molecule has 2 N–H and O–H groups in total. The number of anilines is 1. The molecule has 6 heteroatoms. The van der Waals surface area contributed by atoms with Crippen LogP contribution in [0.25, 0.3) is 0 Å². The van der Waals surface area contributed by atoms with E-state index in [0.29, 0.717) is 36.3 Å². The average Bonchev–Trinajstić information content (AvgIpc) is 2.66. The number of hydrogen-bond acceptors (Lipinski definition) is 4. The lowest BCUT2D eigenvalue weighted by atomic mass is 10.0. The number of amides is 2. The molecule has 148 valence electrons. The zero-order valence-electron chi connectivity index (χ0n) is 16.6. The Morgan fingerprint density at radius 1 is 1.08 bits per heavy atom. The van der Waals surface area contributed by atoms with Gasteiger partial charge in [0.1, 0.15) is 11.5 Å². The van der Waals surface area contributed by atoms with Crippen molar-refractivity contribution < 1.29 is 19.0 Å². The first-order valence-electron chi connectivity index (χ1n) is 9.48. The average molecular weight is 367 g/mol. The molecule has 1 aromatic rings. The highest BCUT2D eigenvalue weighted by atomic mass is 16.5. The molecule has 0 spiro atoms. The largest absolute Gasteiger partial charge is 0.497 e. The molecule has 6 nitrogen and oxygen atoms in total. The van der Waals surface area contributed by atoms with Crippen molar-refractivity contribution in [1.82, 2.24) is 5.32 Å². The number of benzene rings is 1. The summed E-state index contributed by atoms with van der Waals surface area (Å²) in [6.45, 7) is 6.47. The fourth-order valence-electron chi connectivity index (χ4n) is 2.58. The Kier molecular flexibility index (Phi) is 11.3. The van der Waals surface area contributed by atoms with E-state index in [1.54, 1.807) is 32.4 Å². The van der Waals surface area contributed by atoms with Crippen LogP contribution in [0, 0.1) is 5.92 Å². The van der Waals surface area contributed by atoms with E-state index in [2.05, 4.69) is 24.5 Å². The normalized spacial score (nSPS) is 11.7. The summed E-state index contributed by atoms with van der Waals surface area (Å²) in [4.78, 5) is 12.0. The van der Waals surface area contributed by atoms with Gasteiger partial charge in [-0.05, 0) is 18.8 Å². The molecule has 2 amide bonds. The van der Waals surface area contributed by atoms with Crippen LogP contribution in [-0.2, 0) is 4.74 Å². The highest BCUT2D eigenvalue weighted by Crippen LogP contribution is 2.25. The first-order chi connectivity index (χ1) is 12.6. The molecule has 1 aromatic carbocycles. The van der Waals surface area contributed by atoms with Gasteiger partial charge in [-0.3, -0.25) is 0 Å². The molecule has 0 fully saturated rings. The van der Waals surface area contributed by atoms with E-state index < -0.39 is 0 Å². The lowest BCUT2D eigenvalue weighted by Crippen LogP contribution is -2.30. The third-order valence-corrected chi connectivity index (χ3v) is 4.26. The third-order valence-electron chi connectivity index (χ3n) is 4.26. The van der Waals surface area contributed by atoms with Crippen LogP contribution >= 0.6 is 0 Å². The minimum Gasteiger partial charge on any atom is -0.497 e. The quantitative estimate of drug-likeness (QED) is 0.506. The Morgan fingerprint density at radius 3 is 2.35 bits per heavy atom. The molecule has 0 aromatic heterocycles. The number of carbonyl (C=O) groups is 1. The van der Waals surface area contributed by atoms with E-state index in [-0.39, 0.29) is 6.03 Å². The van der Waals surface area contributed by atoms with Crippen molar-refractivity contribution >= 4 is 11.7 Å². The van der Waals surface area contributed by atoms with Gasteiger partial charge in [-0.25, -0.2) is 4.79 Å². The number of rotatable bonds is 13. The second-order valence-electron chi connectivity index (χ2n) is 6.33. The first kappa shape index (κ1) is 22.1.